The van der Waals surface area contributed by atoms with Gasteiger partial charge in [-0.1, -0.05) is 18.2 Å². The SMILES string of the molecule is Nc1ccc(C(=O)NCCN2CCC3(CC2)C(=O)NCN3c2ccccc2)cc1OC(F)(F)F.O=C(O)C(F)(F)F. The van der Waals surface area contributed by atoms with E-state index < -0.39 is 35.7 Å². The summed E-state index contributed by atoms with van der Waals surface area (Å²) in [5.74, 6) is -3.86. The number of halogens is 6. The highest BCUT2D eigenvalue weighted by Crippen LogP contribution is 2.36. The van der Waals surface area contributed by atoms with E-state index in [-0.39, 0.29) is 17.2 Å². The average molecular weight is 592 g/mol. The van der Waals surface area contributed by atoms with Crippen molar-refractivity contribution in [3.8, 4) is 5.75 Å². The van der Waals surface area contributed by atoms with Crippen molar-refractivity contribution in [1.82, 2.24) is 15.5 Å². The third-order valence-corrected chi connectivity index (χ3v) is 6.55. The number of hydrogen-bond acceptors (Lipinski definition) is 7. The summed E-state index contributed by atoms with van der Waals surface area (Å²) in [6.45, 7) is 2.69. The summed E-state index contributed by atoms with van der Waals surface area (Å²) in [5, 5.41) is 12.8. The first-order valence-corrected chi connectivity index (χ1v) is 12.2. The molecule has 0 radical (unpaired) electrons. The van der Waals surface area contributed by atoms with Crippen LogP contribution >= 0.6 is 0 Å². The molecule has 41 heavy (non-hydrogen) atoms. The molecule has 2 aliphatic heterocycles. The maximum atomic E-state index is 12.7. The number of benzene rings is 2. The summed E-state index contributed by atoms with van der Waals surface area (Å²) in [6.07, 6.45) is -8.68. The Hall–Kier alpha value is -4.21. The van der Waals surface area contributed by atoms with Crippen LogP contribution in [0.25, 0.3) is 0 Å². The fraction of sp³-hybridized carbons (Fsp3) is 0.400. The van der Waals surface area contributed by atoms with Crippen LogP contribution in [-0.4, -0.2) is 78.7 Å². The number of nitrogens with zero attached hydrogens (tertiary/aromatic N) is 2. The highest BCUT2D eigenvalue weighted by Gasteiger charge is 2.50. The topological polar surface area (TPSA) is 137 Å². The van der Waals surface area contributed by atoms with Crippen molar-refractivity contribution in [3.05, 3.63) is 54.1 Å². The molecule has 4 rings (SSSR count). The van der Waals surface area contributed by atoms with E-state index in [1.165, 1.54) is 12.1 Å². The molecule has 0 aliphatic carbocycles. The second-order valence-corrected chi connectivity index (χ2v) is 9.16. The summed E-state index contributed by atoms with van der Waals surface area (Å²) in [4.78, 5) is 38.3. The number of nitrogen functional groups attached to an aromatic ring is 1. The van der Waals surface area contributed by atoms with E-state index in [0.717, 1.165) is 11.8 Å². The normalized spacial score (nSPS) is 16.9. The minimum atomic E-state index is -5.08. The number of hydrogen-bond donors (Lipinski definition) is 4. The van der Waals surface area contributed by atoms with Gasteiger partial charge in [-0.2, -0.15) is 13.2 Å². The number of amides is 2. The molecular weight excluding hydrogens is 564 g/mol. The molecule has 0 atom stereocenters. The summed E-state index contributed by atoms with van der Waals surface area (Å²) < 4.78 is 73.1. The molecule has 16 heteroatoms. The lowest BCUT2D eigenvalue weighted by molar-refractivity contribution is -0.274. The molecular formula is C25H27F6N5O5. The first-order chi connectivity index (χ1) is 19.1. The summed E-state index contributed by atoms with van der Waals surface area (Å²) in [7, 11) is 0. The van der Waals surface area contributed by atoms with Gasteiger partial charge in [-0.05, 0) is 43.2 Å². The van der Waals surface area contributed by atoms with E-state index in [1.807, 2.05) is 30.3 Å². The van der Waals surface area contributed by atoms with Crippen molar-refractivity contribution in [2.75, 3.05) is 43.5 Å². The Balaban J connectivity index is 0.000000587. The number of anilines is 2. The Morgan fingerprint density at radius 1 is 1.05 bits per heavy atom. The maximum Gasteiger partial charge on any atom is 0.573 e. The lowest BCUT2D eigenvalue weighted by Gasteiger charge is -2.43. The van der Waals surface area contributed by atoms with E-state index in [9.17, 15) is 35.9 Å². The molecule has 2 fully saturated rings. The van der Waals surface area contributed by atoms with E-state index in [1.54, 1.807) is 0 Å². The Bertz CT molecular complexity index is 1230. The maximum absolute atomic E-state index is 12.7. The molecule has 5 N–H and O–H groups in total. The third kappa shape index (κ3) is 8.15. The third-order valence-electron chi connectivity index (χ3n) is 6.55. The first kappa shape index (κ1) is 31.3. The number of aliphatic carboxylic acids is 1. The Morgan fingerprint density at radius 2 is 1.66 bits per heavy atom. The quantitative estimate of drug-likeness (QED) is 0.298. The zero-order valence-corrected chi connectivity index (χ0v) is 21.4. The van der Waals surface area contributed by atoms with Gasteiger partial charge in [0.05, 0.1) is 12.4 Å². The van der Waals surface area contributed by atoms with Crippen molar-refractivity contribution in [2.24, 2.45) is 0 Å². The van der Waals surface area contributed by atoms with Crippen LogP contribution in [0.1, 0.15) is 23.2 Å². The number of nitrogens with one attached hydrogen (secondary N) is 2. The number of likely N-dealkylation sites (tertiary alicyclic amines) is 1. The molecule has 2 aromatic rings. The molecule has 2 heterocycles. The number of para-hydroxylation sites is 1. The fourth-order valence-corrected chi connectivity index (χ4v) is 4.50. The highest BCUT2D eigenvalue weighted by atomic mass is 19.4. The van der Waals surface area contributed by atoms with Crippen LogP contribution < -0.4 is 26.0 Å². The number of carbonyl (C=O) groups is 3. The van der Waals surface area contributed by atoms with Gasteiger partial charge in [0.25, 0.3) is 5.91 Å². The van der Waals surface area contributed by atoms with Crippen LogP contribution in [0.3, 0.4) is 0 Å². The van der Waals surface area contributed by atoms with Crippen LogP contribution in [0.2, 0.25) is 0 Å². The standard InChI is InChI=1S/C23H26F3N5O3.C2HF3O2/c24-23(25,26)34-19-14-16(6-7-18(19)27)20(32)28-10-13-30-11-8-22(9-12-30)21(33)29-15-31(22)17-4-2-1-3-5-17;3-2(4,5)1(6)7/h1-7,14H,8-13,15,27H2,(H,28,32)(H,29,33);(H,6,7). The number of piperidine rings is 1. The number of ether oxygens (including phenoxy) is 1. The predicted octanol–water partition coefficient (Wildman–Crippen LogP) is 2.96. The summed E-state index contributed by atoms with van der Waals surface area (Å²) >= 11 is 0. The van der Waals surface area contributed by atoms with Crippen LogP contribution in [0.15, 0.2) is 48.5 Å². The predicted molar refractivity (Wildman–Crippen MR) is 134 cm³/mol. The number of alkyl halides is 6. The van der Waals surface area contributed by atoms with Gasteiger partial charge in [0.1, 0.15) is 5.54 Å². The highest BCUT2D eigenvalue weighted by molar-refractivity contribution is 5.95. The van der Waals surface area contributed by atoms with E-state index >= 15 is 0 Å². The molecule has 2 aliphatic rings. The Kier molecular flexibility index (Phi) is 9.57. The smallest absolute Gasteiger partial charge is 0.475 e. The molecule has 0 bridgehead atoms. The van der Waals surface area contributed by atoms with E-state index in [4.69, 9.17) is 15.6 Å². The van der Waals surface area contributed by atoms with Crippen molar-refractivity contribution in [2.45, 2.75) is 30.9 Å². The molecule has 2 aromatic carbocycles. The van der Waals surface area contributed by atoms with Crippen molar-refractivity contribution >= 4 is 29.2 Å². The summed E-state index contributed by atoms with van der Waals surface area (Å²) in [5.41, 5.74) is 5.73. The second kappa shape index (κ2) is 12.5. The summed E-state index contributed by atoms with van der Waals surface area (Å²) in [6, 6.07) is 13.3. The molecule has 1 spiro atoms. The number of carboxylic acids is 1. The van der Waals surface area contributed by atoms with Crippen LogP contribution in [0.5, 0.6) is 5.75 Å². The fourth-order valence-electron chi connectivity index (χ4n) is 4.50. The van der Waals surface area contributed by atoms with Gasteiger partial charge in [0.15, 0.2) is 5.75 Å². The van der Waals surface area contributed by atoms with Gasteiger partial charge in [-0.15, -0.1) is 13.2 Å². The molecule has 0 aromatic heterocycles. The lowest BCUT2D eigenvalue weighted by Crippen LogP contribution is -2.57. The average Bonchev–Trinajstić information content (AvgIpc) is 3.21. The van der Waals surface area contributed by atoms with E-state index in [0.29, 0.717) is 45.7 Å². The van der Waals surface area contributed by atoms with Gasteiger partial charge < -0.3 is 36.0 Å². The number of carbonyl (C=O) groups excluding carboxylic acids is 2. The molecule has 2 amide bonds. The zero-order chi connectivity index (χ0) is 30.4. The monoisotopic (exact) mass is 591 g/mol. The Labute approximate surface area is 230 Å². The van der Waals surface area contributed by atoms with Gasteiger partial charge >= 0.3 is 18.5 Å². The van der Waals surface area contributed by atoms with Crippen molar-refractivity contribution < 1.29 is 50.6 Å². The van der Waals surface area contributed by atoms with Gasteiger partial charge in [0, 0.05) is 37.4 Å². The molecule has 0 unspecified atom stereocenters. The van der Waals surface area contributed by atoms with Crippen LogP contribution in [0.4, 0.5) is 37.7 Å². The second-order valence-electron chi connectivity index (χ2n) is 9.16. The zero-order valence-electron chi connectivity index (χ0n) is 21.4. The minimum Gasteiger partial charge on any atom is -0.475 e. The minimum absolute atomic E-state index is 0.0205. The van der Waals surface area contributed by atoms with E-state index in [2.05, 4.69) is 25.2 Å². The molecule has 0 saturated carbocycles. The van der Waals surface area contributed by atoms with Crippen molar-refractivity contribution in [3.63, 3.8) is 0 Å². The van der Waals surface area contributed by atoms with Gasteiger partial charge in [0.2, 0.25) is 5.91 Å². The van der Waals surface area contributed by atoms with Gasteiger partial charge in [-0.25, -0.2) is 4.79 Å². The van der Waals surface area contributed by atoms with Crippen LogP contribution in [-0.2, 0) is 9.59 Å². The molecule has 2 saturated heterocycles. The molecule has 10 nitrogen and oxygen atoms in total. The van der Waals surface area contributed by atoms with Crippen molar-refractivity contribution in [1.29, 1.82) is 0 Å². The van der Waals surface area contributed by atoms with Gasteiger partial charge in [-0.3, -0.25) is 9.59 Å². The lowest BCUT2D eigenvalue weighted by atomic mass is 9.85. The molecule has 224 valence electrons. The number of nitrogens with two attached hydrogens (primary N) is 1. The Morgan fingerprint density at radius 3 is 2.22 bits per heavy atom. The number of rotatable bonds is 6. The first-order valence-electron chi connectivity index (χ1n) is 12.2. The van der Waals surface area contributed by atoms with Crippen LogP contribution in [0, 0.1) is 0 Å². The largest absolute Gasteiger partial charge is 0.573 e. The number of carboxylic acid groups (broad SMARTS) is 1.